The summed E-state index contributed by atoms with van der Waals surface area (Å²) in [4.78, 5) is 75.7. The molecule has 0 saturated heterocycles. The number of nitrogens with two attached hydrogens (primary N) is 5. The van der Waals surface area contributed by atoms with Crippen LogP contribution in [-0.4, -0.2) is 89.3 Å². The number of carboxylic acid groups (broad SMARTS) is 1. The lowest BCUT2D eigenvalue weighted by Crippen LogP contribution is -2.57. The highest BCUT2D eigenvalue weighted by Gasteiger charge is 2.30. The summed E-state index contributed by atoms with van der Waals surface area (Å²) in [6.45, 7) is 0.145. The zero-order chi connectivity index (χ0) is 28.5. The molecule has 0 aliphatic heterocycles. The molecule has 5 amide bonds. The second-order valence-electron chi connectivity index (χ2n) is 8.03. The molecule has 0 aromatic heterocycles. The smallest absolute Gasteiger partial charge is 0.326 e. The Morgan fingerprint density at radius 1 is 0.811 bits per heavy atom. The van der Waals surface area contributed by atoms with Gasteiger partial charge >= 0.3 is 5.97 Å². The van der Waals surface area contributed by atoms with Gasteiger partial charge in [0.25, 0.3) is 0 Å². The number of aliphatic carboxylic acids is 1. The molecule has 17 heteroatoms. The van der Waals surface area contributed by atoms with Crippen LogP contribution in [0.15, 0.2) is 4.99 Å². The van der Waals surface area contributed by atoms with Crippen molar-refractivity contribution in [3.05, 3.63) is 0 Å². The van der Waals surface area contributed by atoms with Crippen LogP contribution in [0.5, 0.6) is 0 Å². The van der Waals surface area contributed by atoms with E-state index in [2.05, 4.69) is 20.9 Å². The predicted octanol–water partition coefficient (Wildman–Crippen LogP) is -4.20. The summed E-state index contributed by atoms with van der Waals surface area (Å²) in [5, 5.41) is 16.6. The molecular weight excluding hydrogens is 510 g/mol. The second kappa shape index (κ2) is 17.8. The summed E-state index contributed by atoms with van der Waals surface area (Å²) in [6.07, 6.45) is 1.26. The van der Waals surface area contributed by atoms with Crippen molar-refractivity contribution in [2.24, 2.45) is 33.7 Å². The maximum atomic E-state index is 13.1. The number of aliphatic imine (C=N–C) groups is 1. The Bertz CT molecular complexity index is 852. The molecule has 0 radical (unpaired) electrons. The molecular formula is C20H37N9O7S. The molecule has 0 aliphatic carbocycles. The van der Waals surface area contributed by atoms with Crippen LogP contribution in [-0.2, 0) is 28.8 Å². The number of primary amides is 2. The monoisotopic (exact) mass is 547 g/mol. The Balaban J connectivity index is 5.60. The molecule has 14 N–H and O–H groups in total. The molecule has 0 aromatic rings. The number of guanidine groups is 1. The van der Waals surface area contributed by atoms with Gasteiger partial charge in [0.15, 0.2) is 5.96 Å². The van der Waals surface area contributed by atoms with E-state index < -0.39 is 66.1 Å². The Hall–Kier alpha value is -3.60. The zero-order valence-electron chi connectivity index (χ0n) is 20.6. The van der Waals surface area contributed by atoms with Crippen molar-refractivity contribution in [2.45, 2.75) is 62.7 Å². The molecule has 0 fully saturated rings. The molecule has 37 heavy (non-hydrogen) atoms. The number of rotatable bonds is 19. The highest BCUT2D eigenvalue weighted by molar-refractivity contribution is 7.98. The standard InChI is InChI=1S/C20H37N9O7S/c1-37-8-6-12(18(34)29-13(19(35)36)4-5-14(22)30)28-17(33)11(3-2-7-26-20(24)25)27-16(32)10(21)9-15(23)31/h10-13H,2-9,21H2,1H3,(H2,22,30)(H2,23,31)(H,27,32)(H,28,33)(H,29,34)(H,35,36)(H4,24,25,26). The summed E-state index contributed by atoms with van der Waals surface area (Å²) < 4.78 is 0. The van der Waals surface area contributed by atoms with Crippen molar-refractivity contribution in [3.63, 3.8) is 0 Å². The van der Waals surface area contributed by atoms with Gasteiger partial charge in [-0.1, -0.05) is 0 Å². The van der Waals surface area contributed by atoms with Crippen LogP contribution in [0.1, 0.15) is 38.5 Å². The van der Waals surface area contributed by atoms with Crippen molar-refractivity contribution in [1.82, 2.24) is 16.0 Å². The van der Waals surface area contributed by atoms with E-state index in [9.17, 15) is 33.9 Å². The fourth-order valence-corrected chi connectivity index (χ4v) is 3.43. The Morgan fingerprint density at radius 2 is 1.35 bits per heavy atom. The maximum Gasteiger partial charge on any atom is 0.326 e. The molecule has 0 spiro atoms. The minimum Gasteiger partial charge on any atom is -0.480 e. The van der Waals surface area contributed by atoms with Gasteiger partial charge in [-0.2, -0.15) is 11.8 Å². The average Bonchev–Trinajstić information content (AvgIpc) is 2.79. The third kappa shape index (κ3) is 15.2. The fraction of sp³-hybridized carbons (Fsp3) is 0.650. The number of carbonyl (C=O) groups is 6. The van der Waals surface area contributed by atoms with Gasteiger partial charge in [-0.25, -0.2) is 4.79 Å². The van der Waals surface area contributed by atoms with E-state index in [1.807, 2.05) is 0 Å². The topological polar surface area (TPSA) is 301 Å². The Labute approximate surface area is 218 Å². The molecule has 16 nitrogen and oxygen atoms in total. The highest BCUT2D eigenvalue weighted by Crippen LogP contribution is 2.07. The summed E-state index contributed by atoms with van der Waals surface area (Å²) in [6, 6.07) is -5.06. The minimum atomic E-state index is -1.41. The molecule has 0 saturated carbocycles. The first-order valence-electron chi connectivity index (χ1n) is 11.3. The molecule has 4 unspecified atom stereocenters. The van der Waals surface area contributed by atoms with Crippen molar-refractivity contribution in [2.75, 3.05) is 18.6 Å². The summed E-state index contributed by atoms with van der Waals surface area (Å²) in [5.41, 5.74) is 26.3. The first-order valence-corrected chi connectivity index (χ1v) is 12.7. The van der Waals surface area contributed by atoms with E-state index in [4.69, 9.17) is 28.7 Å². The third-order valence-corrected chi connectivity index (χ3v) is 5.52. The van der Waals surface area contributed by atoms with Crippen LogP contribution >= 0.6 is 11.8 Å². The van der Waals surface area contributed by atoms with Gasteiger partial charge in [0, 0.05) is 13.0 Å². The quantitative estimate of drug-likeness (QED) is 0.0424. The lowest BCUT2D eigenvalue weighted by molar-refractivity contribution is -0.142. The number of hydrogen-bond donors (Lipinski definition) is 9. The molecule has 0 aromatic carbocycles. The molecule has 0 rings (SSSR count). The number of nitrogens with zero attached hydrogens (tertiary/aromatic N) is 1. The van der Waals surface area contributed by atoms with E-state index >= 15 is 0 Å². The summed E-state index contributed by atoms with van der Waals surface area (Å²) in [7, 11) is 0. The Kier molecular flexibility index (Phi) is 16.0. The zero-order valence-corrected chi connectivity index (χ0v) is 21.4. The van der Waals surface area contributed by atoms with Crippen molar-refractivity contribution in [3.8, 4) is 0 Å². The lowest BCUT2D eigenvalue weighted by Gasteiger charge is -2.25. The van der Waals surface area contributed by atoms with Crippen LogP contribution in [0.2, 0.25) is 0 Å². The van der Waals surface area contributed by atoms with E-state index in [0.29, 0.717) is 5.75 Å². The van der Waals surface area contributed by atoms with Crippen LogP contribution in [0.3, 0.4) is 0 Å². The largest absolute Gasteiger partial charge is 0.480 e. The van der Waals surface area contributed by atoms with Gasteiger partial charge in [0.2, 0.25) is 29.5 Å². The van der Waals surface area contributed by atoms with E-state index in [1.165, 1.54) is 11.8 Å². The number of thioether (sulfide) groups is 1. The lowest BCUT2D eigenvalue weighted by atomic mass is 10.1. The van der Waals surface area contributed by atoms with Crippen LogP contribution in [0.4, 0.5) is 0 Å². The minimum absolute atomic E-state index is 0.0465. The molecule has 0 bridgehead atoms. The Morgan fingerprint density at radius 3 is 1.84 bits per heavy atom. The van der Waals surface area contributed by atoms with Gasteiger partial charge in [0.1, 0.15) is 18.1 Å². The van der Waals surface area contributed by atoms with Gasteiger partial charge in [-0.3, -0.25) is 29.0 Å². The van der Waals surface area contributed by atoms with E-state index in [0.717, 1.165) is 0 Å². The van der Waals surface area contributed by atoms with Gasteiger partial charge in [0.05, 0.1) is 12.5 Å². The van der Waals surface area contributed by atoms with Crippen LogP contribution in [0.25, 0.3) is 0 Å². The van der Waals surface area contributed by atoms with E-state index in [-0.39, 0.29) is 44.6 Å². The summed E-state index contributed by atoms with van der Waals surface area (Å²) in [5.74, 6) is -5.02. The normalized spacial score (nSPS) is 13.8. The van der Waals surface area contributed by atoms with Crippen molar-refractivity contribution >= 4 is 53.2 Å². The predicted molar refractivity (Wildman–Crippen MR) is 137 cm³/mol. The first-order chi connectivity index (χ1) is 17.3. The average molecular weight is 548 g/mol. The molecule has 0 heterocycles. The van der Waals surface area contributed by atoms with Crippen molar-refractivity contribution < 1.29 is 33.9 Å². The third-order valence-electron chi connectivity index (χ3n) is 4.87. The van der Waals surface area contributed by atoms with Crippen LogP contribution < -0.4 is 44.6 Å². The number of carbonyl (C=O) groups excluding carboxylic acids is 5. The van der Waals surface area contributed by atoms with Crippen LogP contribution in [0, 0.1) is 0 Å². The van der Waals surface area contributed by atoms with E-state index in [1.54, 1.807) is 6.26 Å². The summed E-state index contributed by atoms with van der Waals surface area (Å²) >= 11 is 1.38. The fourth-order valence-electron chi connectivity index (χ4n) is 2.95. The number of amides is 5. The maximum absolute atomic E-state index is 13.1. The number of nitrogens with one attached hydrogen (secondary N) is 3. The highest BCUT2D eigenvalue weighted by atomic mass is 32.2. The SMILES string of the molecule is CSCCC(NC(=O)C(CCCN=C(N)N)NC(=O)C(N)CC(N)=O)C(=O)NC(CCC(N)=O)C(=O)O. The van der Waals surface area contributed by atoms with Gasteiger partial charge in [-0.05, 0) is 37.7 Å². The first kappa shape index (κ1) is 33.4. The second-order valence-corrected chi connectivity index (χ2v) is 9.02. The molecule has 4 atom stereocenters. The molecule has 210 valence electrons. The number of hydrogen-bond acceptors (Lipinski definition) is 9. The van der Waals surface area contributed by atoms with Gasteiger partial charge < -0.3 is 49.7 Å². The van der Waals surface area contributed by atoms with Crippen molar-refractivity contribution in [1.29, 1.82) is 0 Å². The number of carboxylic acids is 1. The van der Waals surface area contributed by atoms with Gasteiger partial charge in [-0.15, -0.1) is 0 Å². The molecule has 0 aliphatic rings.